The number of aromatic carboxylic acids is 1. The van der Waals surface area contributed by atoms with Crippen molar-refractivity contribution in [3.63, 3.8) is 0 Å². The summed E-state index contributed by atoms with van der Waals surface area (Å²) in [7, 11) is 1.65. The lowest BCUT2D eigenvalue weighted by molar-refractivity contribution is 0.0697. The van der Waals surface area contributed by atoms with Gasteiger partial charge in [-0.05, 0) is 98.7 Å². The molecule has 8 heteroatoms. The number of anilines is 1. The Labute approximate surface area is 221 Å². The molecule has 2 aromatic carbocycles. The Bertz CT molecular complexity index is 1480. The molecular weight excluding hydrogens is 484 g/mol. The molecule has 3 heterocycles. The zero-order valence-corrected chi connectivity index (χ0v) is 21.9. The Kier molecular flexibility index (Phi) is 6.43. The van der Waals surface area contributed by atoms with E-state index in [1.165, 1.54) is 0 Å². The highest BCUT2D eigenvalue weighted by Gasteiger charge is 2.42. The van der Waals surface area contributed by atoms with Crippen molar-refractivity contribution in [1.82, 2.24) is 14.9 Å². The maximum absolute atomic E-state index is 11.7. The summed E-state index contributed by atoms with van der Waals surface area (Å²) in [6.45, 7) is 6.10. The Hall–Kier alpha value is -4.17. The number of thiocarbonyl (C=S) groups is 1. The van der Waals surface area contributed by atoms with Gasteiger partial charge in [0.1, 0.15) is 5.75 Å². The first-order chi connectivity index (χ1) is 17.8. The highest BCUT2D eigenvalue weighted by Crippen LogP contribution is 2.44. The van der Waals surface area contributed by atoms with Gasteiger partial charge in [0.25, 0.3) is 0 Å². The average Bonchev–Trinajstić information content (AvgIpc) is 3.39. The highest BCUT2D eigenvalue weighted by atomic mass is 32.1. The molecule has 1 aliphatic heterocycles. The van der Waals surface area contributed by atoms with E-state index in [0.717, 1.165) is 45.3 Å². The lowest BCUT2D eigenvalue weighted by atomic mass is 9.96. The average molecular weight is 513 g/mol. The summed E-state index contributed by atoms with van der Waals surface area (Å²) >= 11 is 5.86. The number of nitrogens with one attached hydrogen (secondary N) is 1. The van der Waals surface area contributed by atoms with E-state index in [2.05, 4.69) is 32.8 Å². The van der Waals surface area contributed by atoms with E-state index in [-0.39, 0.29) is 17.6 Å². The molecule has 5 rings (SSSR count). The summed E-state index contributed by atoms with van der Waals surface area (Å²) in [4.78, 5) is 18.5. The zero-order valence-electron chi connectivity index (χ0n) is 21.1. The lowest BCUT2D eigenvalue weighted by Gasteiger charge is -2.28. The summed E-state index contributed by atoms with van der Waals surface area (Å²) in [6, 6.07) is 20.7. The quantitative estimate of drug-likeness (QED) is 0.322. The zero-order chi connectivity index (χ0) is 26.3. The standard InChI is InChI=1S/C29H28N4O3S/c1-17-8-9-20(28(34)35)16-25(17)32-18(2)15-23(19(32)3)27-26(24-7-5-6-14-30-24)31-29(37)33(27)21-10-12-22(36-4)13-11-21/h5-16,26-27H,1-4H3,(H,31,37)(H,34,35)/t26-,27+/m1/s1. The molecule has 0 radical (unpaired) electrons. The van der Waals surface area contributed by atoms with Gasteiger partial charge in [-0.2, -0.15) is 0 Å². The van der Waals surface area contributed by atoms with Gasteiger partial charge in [-0.15, -0.1) is 0 Å². The minimum atomic E-state index is -0.949. The van der Waals surface area contributed by atoms with Crippen molar-refractivity contribution >= 4 is 29.0 Å². The van der Waals surface area contributed by atoms with Crippen molar-refractivity contribution in [3.05, 3.63) is 107 Å². The molecule has 37 heavy (non-hydrogen) atoms. The second-order valence-corrected chi connectivity index (χ2v) is 9.55. The molecule has 1 fully saturated rings. The molecule has 2 N–H and O–H groups in total. The van der Waals surface area contributed by atoms with Crippen LogP contribution in [0, 0.1) is 20.8 Å². The second kappa shape index (κ2) is 9.71. The van der Waals surface area contributed by atoms with E-state index in [1.54, 1.807) is 25.4 Å². The fraction of sp³-hybridized carbons (Fsp3) is 0.207. The van der Waals surface area contributed by atoms with Gasteiger partial charge in [0.15, 0.2) is 5.11 Å². The summed E-state index contributed by atoms with van der Waals surface area (Å²) in [5, 5.41) is 13.7. The van der Waals surface area contributed by atoms with Crippen molar-refractivity contribution in [3.8, 4) is 11.4 Å². The van der Waals surface area contributed by atoms with Crippen LogP contribution in [0.5, 0.6) is 5.75 Å². The van der Waals surface area contributed by atoms with Gasteiger partial charge in [-0.1, -0.05) is 12.1 Å². The monoisotopic (exact) mass is 512 g/mol. The number of methoxy groups -OCH3 is 1. The van der Waals surface area contributed by atoms with Crippen LogP contribution < -0.4 is 15.0 Å². The number of carboxylic acid groups (broad SMARTS) is 1. The number of rotatable bonds is 6. The Morgan fingerprint density at radius 3 is 2.46 bits per heavy atom. The van der Waals surface area contributed by atoms with Crippen LogP contribution >= 0.6 is 12.2 Å². The summed E-state index contributed by atoms with van der Waals surface area (Å²) in [5.41, 5.74) is 7.02. The largest absolute Gasteiger partial charge is 0.497 e. The molecule has 0 spiro atoms. The smallest absolute Gasteiger partial charge is 0.335 e. The van der Waals surface area contributed by atoms with Crippen LogP contribution in [0.4, 0.5) is 5.69 Å². The molecule has 188 valence electrons. The van der Waals surface area contributed by atoms with Gasteiger partial charge in [-0.25, -0.2) is 4.79 Å². The van der Waals surface area contributed by atoms with Gasteiger partial charge in [0.2, 0.25) is 0 Å². The van der Waals surface area contributed by atoms with E-state index in [1.807, 2.05) is 62.4 Å². The van der Waals surface area contributed by atoms with Crippen LogP contribution in [-0.2, 0) is 0 Å². The number of carboxylic acids is 1. The molecule has 0 bridgehead atoms. The molecular formula is C29H28N4O3S. The van der Waals surface area contributed by atoms with Crippen LogP contribution in [0.2, 0.25) is 0 Å². The number of hydrogen-bond donors (Lipinski definition) is 2. The van der Waals surface area contributed by atoms with E-state index < -0.39 is 5.97 Å². The molecule has 7 nitrogen and oxygen atoms in total. The topological polar surface area (TPSA) is 79.6 Å². The van der Waals surface area contributed by atoms with Crippen LogP contribution in [0.1, 0.15) is 50.7 Å². The van der Waals surface area contributed by atoms with Crippen molar-refractivity contribution in [2.24, 2.45) is 0 Å². The first-order valence-electron chi connectivity index (χ1n) is 12.0. The fourth-order valence-electron chi connectivity index (χ4n) is 5.13. The lowest BCUT2D eigenvalue weighted by Crippen LogP contribution is -2.29. The predicted octanol–water partition coefficient (Wildman–Crippen LogP) is 5.68. The van der Waals surface area contributed by atoms with E-state index in [4.69, 9.17) is 17.0 Å². The van der Waals surface area contributed by atoms with E-state index >= 15 is 0 Å². The highest BCUT2D eigenvalue weighted by molar-refractivity contribution is 7.80. The van der Waals surface area contributed by atoms with Gasteiger partial charge in [0.05, 0.1) is 30.5 Å². The van der Waals surface area contributed by atoms with E-state index in [9.17, 15) is 9.90 Å². The molecule has 0 saturated carbocycles. The molecule has 0 unspecified atom stereocenters. The SMILES string of the molecule is COc1ccc(N2C(=S)N[C@H](c3ccccn3)[C@@H]2c2cc(C)n(-c3cc(C(=O)O)ccc3C)c2C)cc1. The second-order valence-electron chi connectivity index (χ2n) is 9.16. The van der Waals surface area contributed by atoms with Gasteiger partial charge in [0, 0.05) is 29.0 Å². The summed E-state index contributed by atoms with van der Waals surface area (Å²) in [5.74, 6) is -0.179. The third-order valence-electron chi connectivity index (χ3n) is 6.93. The van der Waals surface area contributed by atoms with Gasteiger partial charge < -0.3 is 24.6 Å². The Balaban J connectivity index is 1.68. The Morgan fingerprint density at radius 1 is 1.05 bits per heavy atom. The summed E-state index contributed by atoms with van der Waals surface area (Å²) < 4.78 is 7.49. The molecule has 1 aliphatic rings. The first kappa shape index (κ1) is 24.5. The Morgan fingerprint density at radius 2 is 1.81 bits per heavy atom. The minimum absolute atomic E-state index is 0.182. The molecule has 0 amide bonds. The number of aryl methyl sites for hydroxylation is 2. The molecule has 0 aliphatic carbocycles. The van der Waals surface area contributed by atoms with Gasteiger partial charge in [-0.3, -0.25) is 4.98 Å². The maximum atomic E-state index is 11.7. The maximum Gasteiger partial charge on any atom is 0.335 e. The van der Waals surface area contributed by atoms with Crippen molar-refractivity contribution < 1.29 is 14.6 Å². The molecule has 2 aromatic heterocycles. The van der Waals surface area contributed by atoms with Crippen molar-refractivity contribution in [1.29, 1.82) is 0 Å². The van der Waals surface area contributed by atoms with E-state index in [0.29, 0.717) is 5.11 Å². The number of aromatic nitrogens is 2. The van der Waals surface area contributed by atoms with Crippen LogP contribution in [0.3, 0.4) is 0 Å². The third-order valence-corrected chi connectivity index (χ3v) is 7.25. The number of hydrogen-bond acceptors (Lipinski definition) is 4. The van der Waals surface area contributed by atoms with Crippen LogP contribution in [-0.4, -0.2) is 32.8 Å². The molecule has 2 atom stereocenters. The summed E-state index contributed by atoms with van der Waals surface area (Å²) in [6.07, 6.45) is 1.79. The van der Waals surface area contributed by atoms with Crippen LogP contribution in [0.15, 0.2) is 72.9 Å². The van der Waals surface area contributed by atoms with Gasteiger partial charge >= 0.3 is 5.97 Å². The third kappa shape index (κ3) is 4.34. The molecule has 4 aromatic rings. The number of pyridine rings is 1. The van der Waals surface area contributed by atoms with Crippen LogP contribution in [0.25, 0.3) is 5.69 Å². The van der Waals surface area contributed by atoms with Crippen molar-refractivity contribution in [2.45, 2.75) is 32.9 Å². The fourth-order valence-corrected chi connectivity index (χ4v) is 5.48. The number of benzene rings is 2. The number of nitrogens with zero attached hydrogens (tertiary/aromatic N) is 3. The van der Waals surface area contributed by atoms with Crippen molar-refractivity contribution in [2.75, 3.05) is 12.0 Å². The number of ether oxygens (including phenoxy) is 1. The first-order valence-corrected chi connectivity index (χ1v) is 12.4. The minimum Gasteiger partial charge on any atom is -0.497 e. The predicted molar refractivity (Wildman–Crippen MR) is 148 cm³/mol. The normalized spacial score (nSPS) is 17.1. The molecule has 1 saturated heterocycles. The number of carbonyl (C=O) groups is 1.